The highest BCUT2D eigenvalue weighted by atomic mass is 35.5. The monoisotopic (exact) mass is 330 g/mol. The zero-order valence-corrected chi connectivity index (χ0v) is 13.9. The summed E-state index contributed by atoms with van der Waals surface area (Å²) in [6, 6.07) is 4.38. The first-order chi connectivity index (χ1) is 9.88. The molecule has 0 atom stereocenters. The van der Waals surface area contributed by atoms with Crippen LogP contribution in [0.15, 0.2) is 23.1 Å². The topological polar surface area (TPSA) is 72.2 Å². The highest BCUT2D eigenvalue weighted by molar-refractivity contribution is 7.89. The van der Waals surface area contributed by atoms with Crippen molar-refractivity contribution in [1.29, 1.82) is 0 Å². The summed E-state index contributed by atoms with van der Waals surface area (Å²) in [5, 5.41) is 0.366. The van der Waals surface area contributed by atoms with Crippen molar-refractivity contribution >= 4 is 27.3 Å². The molecule has 3 N–H and O–H groups in total. The summed E-state index contributed by atoms with van der Waals surface area (Å²) in [4.78, 5) is 0.168. The lowest BCUT2D eigenvalue weighted by Crippen LogP contribution is -2.27. The minimum absolute atomic E-state index is 0.168. The third-order valence-electron chi connectivity index (χ3n) is 4.26. The van der Waals surface area contributed by atoms with E-state index in [4.69, 9.17) is 17.3 Å². The molecule has 1 aromatic carbocycles. The molecule has 118 valence electrons. The predicted octanol–water partition coefficient (Wildman–Crippen LogP) is 3.42. The number of sulfonamides is 1. The molecule has 6 heteroatoms. The van der Waals surface area contributed by atoms with Gasteiger partial charge in [0.05, 0.1) is 15.6 Å². The summed E-state index contributed by atoms with van der Waals surface area (Å²) >= 11 is 5.81. The van der Waals surface area contributed by atoms with E-state index in [2.05, 4.69) is 11.6 Å². The second-order valence-corrected chi connectivity index (χ2v) is 8.17. The largest absolute Gasteiger partial charge is 0.397 e. The normalized spacial score (nSPS) is 23.1. The number of hydrogen-bond donors (Lipinski definition) is 2. The highest BCUT2D eigenvalue weighted by Gasteiger charge is 2.19. The SMILES string of the molecule is CC1CCC(CCNS(=O)(=O)c2ccc(Cl)c(N)c2)CC1. The van der Waals surface area contributed by atoms with Gasteiger partial charge in [-0.15, -0.1) is 0 Å². The van der Waals surface area contributed by atoms with Crippen molar-refractivity contribution in [2.45, 2.75) is 43.9 Å². The van der Waals surface area contributed by atoms with Gasteiger partial charge in [-0.05, 0) is 36.5 Å². The maximum absolute atomic E-state index is 12.2. The lowest BCUT2D eigenvalue weighted by Gasteiger charge is -2.26. The molecule has 0 spiro atoms. The van der Waals surface area contributed by atoms with Crippen LogP contribution in [0, 0.1) is 11.8 Å². The van der Waals surface area contributed by atoms with Crippen LogP contribution in [0.3, 0.4) is 0 Å². The third kappa shape index (κ3) is 4.59. The Bertz CT molecular complexity index is 581. The van der Waals surface area contributed by atoms with Crippen LogP contribution < -0.4 is 10.5 Å². The maximum atomic E-state index is 12.2. The Kier molecular flexibility index (Phi) is 5.52. The fraction of sp³-hybridized carbons (Fsp3) is 0.600. The molecule has 4 nitrogen and oxygen atoms in total. The molecule has 0 bridgehead atoms. The van der Waals surface area contributed by atoms with Gasteiger partial charge in [-0.25, -0.2) is 13.1 Å². The van der Waals surface area contributed by atoms with Crippen LogP contribution >= 0.6 is 11.6 Å². The number of rotatable bonds is 5. The van der Waals surface area contributed by atoms with Crippen molar-refractivity contribution in [2.24, 2.45) is 11.8 Å². The van der Waals surface area contributed by atoms with Gasteiger partial charge in [0, 0.05) is 6.54 Å². The summed E-state index contributed by atoms with van der Waals surface area (Å²) in [5.41, 5.74) is 5.93. The number of hydrogen-bond acceptors (Lipinski definition) is 3. The summed E-state index contributed by atoms with van der Waals surface area (Å²) in [6.45, 7) is 2.76. The Morgan fingerprint density at radius 3 is 2.57 bits per heavy atom. The van der Waals surface area contributed by atoms with Gasteiger partial charge in [0.2, 0.25) is 10.0 Å². The summed E-state index contributed by atoms with van der Waals surface area (Å²) in [6.07, 6.45) is 5.82. The van der Waals surface area contributed by atoms with E-state index >= 15 is 0 Å². The van der Waals surface area contributed by atoms with Crippen molar-refractivity contribution in [3.8, 4) is 0 Å². The maximum Gasteiger partial charge on any atom is 0.240 e. The fourth-order valence-corrected chi connectivity index (χ4v) is 3.99. The van der Waals surface area contributed by atoms with Crippen molar-refractivity contribution < 1.29 is 8.42 Å². The molecule has 0 aromatic heterocycles. The molecule has 21 heavy (non-hydrogen) atoms. The molecule has 0 aliphatic heterocycles. The van der Waals surface area contributed by atoms with E-state index in [0.717, 1.165) is 12.3 Å². The fourth-order valence-electron chi connectivity index (χ4n) is 2.79. The van der Waals surface area contributed by atoms with Gasteiger partial charge in [0.15, 0.2) is 0 Å². The second kappa shape index (κ2) is 6.99. The molecule has 0 unspecified atom stereocenters. The lowest BCUT2D eigenvalue weighted by molar-refractivity contribution is 0.278. The average molecular weight is 331 g/mol. The Morgan fingerprint density at radius 1 is 1.29 bits per heavy atom. The summed E-state index contributed by atoms with van der Waals surface area (Å²) in [7, 11) is -3.50. The molecule has 0 heterocycles. The summed E-state index contributed by atoms with van der Waals surface area (Å²) in [5.74, 6) is 1.45. The number of halogens is 1. The quantitative estimate of drug-likeness (QED) is 0.812. The standard InChI is InChI=1S/C15H23ClN2O2S/c1-11-2-4-12(5-3-11)8-9-18-21(19,20)13-6-7-14(16)15(17)10-13/h6-7,10-12,18H,2-5,8-9,17H2,1H3. The highest BCUT2D eigenvalue weighted by Crippen LogP contribution is 2.30. The summed E-state index contributed by atoms with van der Waals surface area (Å²) < 4.78 is 27.0. The molecule has 1 saturated carbocycles. The Morgan fingerprint density at radius 2 is 1.95 bits per heavy atom. The van der Waals surface area contributed by atoms with Crippen LogP contribution in [0.5, 0.6) is 0 Å². The Labute approximate surface area is 132 Å². The first-order valence-corrected chi connectivity index (χ1v) is 9.29. The Balaban J connectivity index is 1.88. The van der Waals surface area contributed by atoms with Crippen LogP contribution in [0.1, 0.15) is 39.0 Å². The minimum atomic E-state index is -3.50. The van der Waals surface area contributed by atoms with Gasteiger partial charge in [0.25, 0.3) is 0 Å². The smallest absolute Gasteiger partial charge is 0.240 e. The van der Waals surface area contributed by atoms with E-state index in [1.165, 1.54) is 43.9 Å². The Hall–Kier alpha value is -0.780. The van der Waals surface area contributed by atoms with Crippen LogP contribution in [-0.4, -0.2) is 15.0 Å². The van der Waals surface area contributed by atoms with Crippen LogP contribution in [0.2, 0.25) is 5.02 Å². The predicted molar refractivity (Wildman–Crippen MR) is 86.8 cm³/mol. The van der Waals surface area contributed by atoms with E-state index in [1.54, 1.807) is 0 Å². The average Bonchev–Trinajstić information content (AvgIpc) is 2.44. The van der Waals surface area contributed by atoms with Crippen LogP contribution in [0.4, 0.5) is 5.69 Å². The number of nitrogens with one attached hydrogen (secondary N) is 1. The van der Waals surface area contributed by atoms with E-state index in [0.29, 0.717) is 17.5 Å². The zero-order chi connectivity index (χ0) is 15.5. The molecule has 0 amide bonds. The zero-order valence-electron chi connectivity index (χ0n) is 12.3. The van der Waals surface area contributed by atoms with Crippen molar-refractivity contribution in [1.82, 2.24) is 4.72 Å². The van der Waals surface area contributed by atoms with Crippen LogP contribution in [-0.2, 0) is 10.0 Å². The lowest BCUT2D eigenvalue weighted by atomic mass is 9.81. The first kappa shape index (κ1) is 16.6. The molecular formula is C15H23ClN2O2S. The second-order valence-electron chi connectivity index (χ2n) is 6.00. The van der Waals surface area contributed by atoms with Crippen molar-refractivity contribution in [3.63, 3.8) is 0 Å². The van der Waals surface area contributed by atoms with Gasteiger partial charge in [-0.2, -0.15) is 0 Å². The van der Waals surface area contributed by atoms with Gasteiger partial charge < -0.3 is 5.73 Å². The van der Waals surface area contributed by atoms with E-state index in [9.17, 15) is 8.42 Å². The number of benzene rings is 1. The molecular weight excluding hydrogens is 308 g/mol. The molecule has 1 aliphatic carbocycles. The van der Waals surface area contributed by atoms with E-state index in [-0.39, 0.29) is 10.6 Å². The molecule has 0 radical (unpaired) electrons. The van der Waals surface area contributed by atoms with Gasteiger partial charge in [0.1, 0.15) is 0 Å². The van der Waals surface area contributed by atoms with Gasteiger partial charge in [-0.3, -0.25) is 0 Å². The molecule has 1 fully saturated rings. The van der Waals surface area contributed by atoms with Crippen molar-refractivity contribution in [3.05, 3.63) is 23.2 Å². The first-order valence-electron chi connectivity index (χ1n) is 7.43. The van der Waals surface area contributed by atoms with Crippen molar-refractivity contribution in [2.75, 3.05) is 12.3 Å². The van der Waals surface area contributed by atoms with Gasteiger partial charge in [-0.1, -0.05) is 44.2 Å². The number of nitrogen functional groups attached to an aromatic ring is 1. The van der Waals surface area contributed by atoms with E-state index in [1.807, 2.05) is 0 Å². The molecule has 1 aliphatic rings. The van der Waals surface area contributed by atoms with E-state index < -0.39 is 10.0 Å². The molecule has 2 rings (SSSR count). The third-order valence-corrected chi connectivity index (χ3v) is 6.06. The number of anilines is 1. The molecule has 0 saturated heterocycles. The van der Waals surface area contributed by atoms with Gasteiger partial charge >= 0.3 is 0 Å². The molecule has 1 aromatic rings. The minimum Gasteiger partial charge on any atom is -0.397 e. The number of nitrogens with two attached hydrogens (primary N) is 1. The van der Waals surface area contributed by atoms with Crippen LogP contribution in [0.25, 0.3) is 0 Å².